The van der Waals surface area contributed by atoms with Crippen molar-refractivity contribution in [3.63, 3.8) is 0 Å². The number of aliphatic hydroxyl groups is 6. The lowest BCUT2D eigenvalue weighted by atomic mass is 9.96. The largest absolute Gasteiger partial charge is 0.397 e. The van der Waals surface area contributed by atoms with Gasteiger partial charge in [0.15, 0.2) is 28.7 Å². The maximum atomic E-state index is 13.7. The van der Waals surface area contributed by atoms with Crippen LogP contribution in [0.2, 0.25) is 0 Å². The van der Waals surface area contributed by atoms with Crippen molar-refractivity contribution in [3.8, 4) is 0 Å². The third kappa shape index (κ3) is 8.02. The van der Waals surface area contributed by atoms with Crippen LogP contribution in [0.3, 0.4) is 0 Å². The Morgan fingerprint density at radius 2 is 1.83 bits per heavy atom. The standard InChI is InChI=1S/C26H38F3N7O9S/c1-12(39)21(36-9-19(32-33-36)34-2-4-43-5-3-34)24(41)18(11-38)45-46-26-25(42)22(23(40)17(10-37)44-26)35(31)8-16(30)13-6-14(27)20(29)15(28)7-13/h6-9,12,17-18,21-26,37-42H,2-5,10-11,30-31H2,1H3/b16-8-. The molecule has 3 heterocycles. The average molecular weight is 682 g/mol. The first-order valence-electron chi connectivity index (χ1n) is 14.2. The lowest BCUT2D eigenvalue weighted by Gasteiger charge is -2.45. The fraction of sp³-hybridized carbons (Fsp3) is 0.615. The zero-order valence-corrected chi connectivity index (χ0v) is 25.4. The highest BCUT2D eigenvalue weighted by Gasteiger charge is 2.47. The second-order valence-electron chi connectivity index (χ2n) is 10.8. The molecule has 16 nitrogen and oxygen atoms in total. The molecule has 2 fully saturated rings. The molecule has 9 unspecified atom stereocenters. The number of aliphatic hydroxyl groups excluding tert-OH is 6. The van der Waals surface area contributed by atoms with Crippen molar-refractivity contribution in [2.24, 2.45) is 11.6 Å². The number of halogens is 3. The maximum absolute atomic E-state index is 13.7. The summed E-state index contributed by atoms with van der Waals surface area (Å²) in [6.07, 6.45) is -6.33. The molecule has 0 saturated carbocycles. The van der Waals surface area contributed by atoms with Crippen molar-refractivity contribution in [3.05, 3.63) is 47.5 Å². The monoisotopic (exact) mass is 681 g/mol. The first-order chi connectivity index (χ1) is 21.9. The second-order valence-corrected chi connectivity index (χ2v) is 11.6. The first-order valence-corrected chi connectivity index (χ1v) is 15.0. The summed E-state index contributed by atoms with van der Waals surface area (Å²) in [7, 11) is 0. The smallest absolute Gasteiger partial charge is 0.194 e. The Morgan fingerprint density at radius 3 is 2.41 bits per heavy atom. The number of hydrazine groups is 1. The Morgan fingerprint density at radius 1 is 1.17 bits per heavy atom. The van der Waals surface area contributed by atoms with Gasteiger partial charge in [0.1, 0.15) is 42.6 Å². The molecule has 0 bridgehead atoms. The van der Waals surface area contributed by atoms with Gasteiger partial charge in [0, 0.05) is 36.9 Å². The number of aromatic nitrogens is 3. The summed E-state index contributed by atoms with van der Waals surface area (Å²) in [4.78, 5) is 1.92. The minimum Gasteiger partial charge on any atom is -0.397 e. The van der Waals surface area contributed by atoms with Crippen LogP contribution in [-0.4, -0.2) is 138 Å². The van der Waals surface area contributed by atoms with Gasteiger partial charge in [-0.3, -0.25) is 0 Å². The molecule has 20 heteroatoms. The van der Waals surface area contributed by atoms with Crippen molar-refractivity contribution >= 4 is 23.6 Å². The highest BCUT2D eigenvalue weighted by molar-refractivity contribution is 7.95. The number of nitrogens with two attached hydrogens (primary N) is 2. The minimum atomic E-state index is -1.70. The number of ether oxygens (including phenoxy) is 2. The third-order valence-electron chi connectivity index (χ3n) is 7.62. The van der Waals surface area contributed by atoms with Gasteiger partial charge in [0.25, 0.3) is 0 Å². The molecule has 46 heavy (non-hydrogen) atoms. The molecular formula is C26H38F3N7O9S. The van der Waals surface area contributed by atoms with Crippen LogP contribution in [-0.2, 0) is 13.7 Å². The highest BCUT2D eigenvalue weighted by atomic mass is 32.2. The molecule has 2 aromatic rings. The van der Waals surface area contributed by atoms with E-state index in [1.165, 1.54) is 17.8 Å². The first kappa shape index (κ1) is 36.1. The van der Waals surface area contributed by atoms with E-state index in [2.05, 4.69) is 10.3 Å². The van der Waals surface area contributed by atoms with Crippen molar-refractivity contribution < 1.29 is 57.5 Å². The van der Waals surface area contributed by atoms with E-state index in [9.17, 15) is 43.8 Å². The summed E-state index contributed by atoms with van der Waals surface area (Å²) in [5, 5.41) is 72.3. The molecule has 4 rings (SSSR count). The average Bonchev–Trinajstić information content (AvgIpc) is 3.50. The summed E-state index contributed by atoms with van der Waals surface area (Å²) in [5.41, 5.74) is 3.86. The fourth-order valence-corrected chi connectivity index (χ4v) is 5.99. The highest BCUT2D eigenvalue weighted by Crippen LogP contribution is 2.34. The van der Waals surface area contributed by atoms with Gasteiger partial charge in [-0.25, -0.2) is 23.7 Å². The van der Waals surface area contributed by atoms with E-state index in [1.807, 2.05) is 4.90 Å². The van der Waals surface area contributed by atoms with Crippen LogP contribution in [0, 0.1) is 17.5 Å². The van der Waals surface area contributed by atoms with Crippen LogP contribution in [0.25, 0.3) is 5.70 Å². The molecule has 2 aliphatic rings. The second kappa shape index (κ2) is 15.9. The van der Waals surface area contributed by atoms with Crippen molar-refractivity contribution in [1.29, 1.82) is 0 Å². The van der Waals surface area contributed by atoms with Gasteiger partial charge in [0.05, 0.1) is 44.4 Å². The number of hydrogen-bond acceptors (Lipinski definition) is 16. The molecule has 1 aromatic heterocycles. The number of rotatable bonds is 13. The van der Waals surface area contributed by atoms with Gasteiger partial charge in [-0.1, -0.05) is 5.21 Å². The molecule has 10 N–H and O–H groups in total. The molecule has 0 radical (unpaired) electrons. The third-order valence-corrected chi connectivity index (χ3v) is 8.55. The normalized spacial score (nSPS) is 26.9. The molecule has 0 amide bonds. The molecule has 2 saturated heterocycles. The van der Waals surface area contributed by atoms with Crippen molar-refractivity contribution in [2.75, 3.05) is 44.4 Å². The van der Waals surface area contributed by atoms with Crippen LogP contribution in [0.5, 0.6) is 0 Å². The number of benzene rings is 1. The Balaban J connectivity index is 1.48. The minimum absolute atomic E-state index is 0.284. The Labute approximate surface area is 265 Å². The van der Waals surface area contributed by atoms with Crippen molar-refractivity contribution in [2.45, 2.75) is 61.1 Å². The Hall–Kier alpha value is -2.76. The van der Waals surface area contributed by atoms with Crippen LogP contribution in [0.4, 0.5) is 19.0 Å². The van der Waals surface area contributed by atoms with Crippen LogP contribution in [0.15, 0.2) is 24.5 Å². The fourth-order valence-electron chi connectivity index (χ4n) is 5.10. The summed E-state index contributed by atoms with van der Waals surface area (Å²) in [6.45, 7) is 2.04. The van der Waals surface area contributed by atoms with E-state index in [0.717, 1.165) is 11.2 Å². The quantitative estimate of drug-likeness (QED) is 0.0484. The van der Waals surface area contributed by atoms with Gasteiger partial charge in [-0.15, -0.1) is 5.10 Å². The van der Waals surface area contributed by atoms with Crippen LogP contribution < -0.4 is 16.5 Å². The van der Waals surface area contributed by atoms with Gasteiger partial charge < -0.3 is 59.9 Å². The maximum Gasteiger partial charge on any atom is 0.194 e. The topological polar surface area (TPSA) is 238 Å². The van der Waals surface area contributed by atoms with Crippen LogP contribution in [0.1, 0.15) is 18.5 Å². The SMILES string of the molecule is CC(O)C(C(O)C(CO)OSC1OC(CO)C(O)C(N(N)/C=C(\N)c2cc(F)c(F)c(F)c2)C1O)n1cc(N2CCOCC2)nn1. The van der Waals surface area contributed by atoms with E-state index in [1.54, 1.807) is 0 Å². The van der Waals surface area contributed by atoms with Gasteiger partial charge in [-0.05, 0) is 19.1 Å². The number of morpholine rings is 1. The molecule has 258 valence electrons. The summed E-state index contributed by atoms with van der Waals surface area (Å²) < 4.78 is 58.6. The van der Waals surface area contributed by atoms with Crippen molar-refractivity contribution in [1.82, 2.24) is 20.0 Å². The van der Waals surface area contributed by atoms with E-state index in [4.69, 9.17) is 25.2 Å². The molecule has 2 aliphatic heterocycles. The Kier molecular flexibility index (Phi) is 12.5. The summed E-state index contributed by atoms with van der Waals surface area (Å²) in [6, 6.07) is -1.33. The molecule has 0 aliphatic carbocycles. The van der Waals surface area contributed by atoms with Gasteiger partial charge >= 0.3 is 0 Å². The molecular weight excluding hydrogens is 643 g/mol. The number of hydrogen-bond donors (Lipinski definition) is 8. The van der Waals surface area contributed by atoms with E-state index in [0.29, 0.717) is 56.3 Å². The zero-order chi connectivity index (χ0) is 33.7. The lowest BCUT2D eigenvalue weighted by Crippen LogP contribution is -2.64. The van der Waals surface area contributed by atoms with E-state index in [-0.39, 0.29) is 11.3 Å². The predicted molar refractivity (Wildman–Crippen MR) is 155 cm³/mol. The molecule has 9 atom stereocenters. The predicted octanol–water partition coefficient (Wildman–Crippen LogP) is -2.22. The van der Waals surface area contributed by atoms with Crippen LogP contribution >= 0.6 is 12.0 Å². The van der Waals surface area contributed by atoms with Gasteiger partial charge in [0.2, 0.25) is 0 Å². The van der Waals surface area contributed by atoms with E-state index >= 15 is 0 Å². The molecule has 0 spiro atoms. The lowest BCUT2D eigenvalue weighted by molar-refractivity contribution is -0.186. The summed E-state index contributed by atoms with van der Waals surface area (Å²) in [5.74, 6) is 1.83. The zero-order valence-electron chi connectivity index (χ0n) is 24.6. The Bertz CT molecular complexity index is 1300. The number of nitrogens with zero attached hydrogens (tertiary/aromatic N) is 5. The van der Waals surface area contributed by atoms with Gasteiger partial charge in [-0.2, -0.15) is 0 Å². The molecule has 1 aromatic carbocycles. The number of anilines is 1. The summed E-state index contributed by atoms with van der Waals surface area (Å²) >= 11 is 0.443. The van der Waals surface area contributed by atoms with E-state index < -0.39 is 84.8 Å².